The minimum absolute atomic E-state index is 0.0104. The third-order valence-electron chi connectivity index (χ3n) is 4.85. The highest BCUT2D eigenvalue weighted by Crippen LogP contribution is 2.30. The van der Waals surface area contributed by atoms with Gasteiger partial charge in [0.1, 0.15) is 17.4 Å². The molecule has 2 rings (SSSR count). The Morgan fingerprint density at radius 1 is 1.06 bits per heavy atom. The number of nitrogens with one attached hydrogen (secondary N) is 2. The molecular formula is C22H20F7N3O2. The maximum absolute atomic E-state index is 13.8. The molecule has 1 unspecified atom stereocenters. The van der Waals surface area contributed by atoms with Crippen LogP contribution in [0.15, 0.2) is 47.5 Å². The number of hydrogen-bond donors (Lipinski definition) is 3. The Hall–Kier alpha value is -3.28. The minimum Gasteiger partial charge on any atom is -0.392 e. The molecule has 5 nitrogen and oxygen atoms in total. The van der Waals surface area contributed by atoms with Crippen molar-refractivity contribution in [2.24, 2.45) is 10.9 Å². The van der Waals surface area contributed by atoms with E-state index < -0.39 is 60.0 Å². The van der Waals surface area contributed by atoms with Crippen molar-refractivity contribution in [2.45, 2.75) is 31.9 Å². The summed E-state index contributed by atoms with van der Waals surface area (Å²) in [5.74, 6) is -4.18. The summed E-state index contributed by atoms with van der Waals surface area (Å²) in [5, 5.41) is 19.3. The molecule has 1 amide bonds. The van der Waals surface area contributed by atoms with Crippen molar-refractivity contribution in [1.29, 1.82) is 5.41 Å². The molecule has 34 heavy (non-hydrogen) atoms. The van der Waals surface area contributed by atoms with Crippen LogP contribution in [0.3, 0.4) is 0 Å². The van der Waals surface area contributed by atoms with Gasteiger partial charge in [-0.15, -0.1) is 0 Å². The number of aliphatic hydroxyl groups is 1. The Balaban J connectivity index is 2.25. The number of aliphatic imine (C=N–C) groups is 1. The maximum Gasteiger partial charge on any atom is 0.430 e. The molecule has 3 N–H and O–H groups in total. The average Bonchev–Trinajstić information content (AvgIpc) is 2.74. The summed E-state index contributed by atoms with van der Waals surface area (Å²) < 4.78 is 92.5. The molecule has 0 saturated heterocycles. The Morgan fingerprint density at radius 2 is 1.65 bits per heavy atom. The van der Waals surface area contributed by atoms with Crippen LogP contribution >= 0.6 is 0 Å². The van der Waals surface area contributed by atoms with Crippen molar-refractivity contribution in [2.75, 3.05) is 7.05 Å². The molecule has 1 atom stereocenters. The fourth-order valence-electron chi connectivity index (χ4n) is 3.12. The first-order chi connectivity index (χ1) is 15.8. The van der Waals surface area contributed by atoms with E-state index in [1.807, 2.05) is 0 Å². The zero-order valence-electron chi connectivity index (χ0n) is 17.7. The summed E-state index contributed by atoms with van der Waals surface area (Å²) in [6, 6.07) is 7.06. The lowest BCUT2D eigenvalue weighted by atomic mass is 9.90. The van der Waals surface area contributed by atoms with E-state index in [4.69, 9.17) is 10.5 Å². The first-order valence-corrected chi connectivity index (χ1v) is 9.71. The van der Waals surface area contributed by atoms with Gasteiger partial charge in [-0.1, -0.05) is 24.3 Å². The summed E-state index contributed by atoms with van der Waals surface area (Å²) in [6.45, 7) is -0.941. The Kier molecular flexibility index (Phi) is 8.54. The van der Waals surface area contributed by atoms with Crippen LogP contribution in [0.25, 0.3) is 0 Å². The molecule has 2 aromatic carbocycles. The summed E-state index contributed by atoms with van der Waals surface area (Å²) in [6.07, 6.45) is -10.2. The number of halogens is 7. The molecule has 2 aromatic rings. The fourth-order valence-corrected chi connectivity index (χ4v) is 3.12. The van der Waals surface area contributed by atoms with Crippen molar-refractivity contribution < 1.29 is 40.6 Å². The van der Waals surface area contributed by atoms with E-state index in [9.17, 15) is 35.5 Å². The predicted molar refractivity (Wildman–Crippen MR) is 110 cm³/mol. The van der Waals surface area contributed by atoms with Gasteiger partial charge in [0.15, 0.2) is 0 Å². The van der Waals surface area contributed by atoms with E-state index >= 15 is 0 Å². The van der Waals surface area contributed by atoms with Crippen LogP contribution < -0.4 is 5.32 Å². The SMILES string of the molecule is CN=C(C(C(=N)Cc1ccc(C(F)(F)F)cc1)C(=O)NCc1ccc(CO)c(F)c1)C(F)(F)F. The quantitative estimate of drug-likeness (QED) is 0.376. The smallest absolute Gasteiger partial charge is 0.392 e. The highest BCUT2D eigenvalue weighted by Gasteiger charge is 2.45. The predicted octanol–water partition coefficient (Wildman–Crippen LogP) is 4.46. The minimum atomic E-state index is -5.06. The van der Waals surface area contributed by atoms with E-state index in [1.165, 1.54) is 12.1 Å². The van der Waals surface area contributed by atoms with Crippen LogP contribution in [0.5, 0.6) is 0 Å². The van der Waals surface area contributed by atoms with E-state index in [1.54, 1.807) is 0 Å². The van der Waals surface area contributed by atoms with Gasteiger partial charge in [0.05, 0.1) is 12.2 Å². The van der Waals surface area contributed by atoms with E-state index in [-0.39, 0.29) is 23.2 Å². The standard InChI is InChI=1S/C22H20F7N3O2/c1-31-19(22(27,28)29)18(17(30)9-12-3-6-15(7-4-12)21(24,25)26)20(34)32-10-13-2-5-14(11-33)16(23)8-13/h2-8,18,30,33H,9-11H2,1H3,(H,32,34). The van der Waals surface area contributed by atoms with Crippen LogP contribution in [0.4, 0.5) is 30.7 Å². The second-order valence-electron chi connectivity index (χ2n) is 7.24. The lowest BCUT2D eigenvalue weighted by Gasteiger charge is -2.22. The maximum atomic E-state index is 13.8. The molecule has 12 heteroatoms. The van der Waals surface area contributed by atoms with Crippen molar-refractivity contribution in [3.63, 3.8) is 0 Å². The molecule has 0 aromatic heterocycles. The van der Waals surface area contributed by atoms with Crippen LogP contribution in [-0.4, -0.2) is 35.7 Å². The number of carbonyl (C=O) groups excluding carboxylic acids is 1. The van der Waals surface area contributed by atoms with Crippen molar-refractivity contribution in [3.05, 3.63) is 70.5 Å². The molecule has 0 radical (unpaired) electrons. The van der Waals surface area contributed by atoms with Gasteiger partial charge in [0.25, 0.3) is 0 Å². The molecule has 0 aliphatic carbocycles. The first kappa shape index (κ1) is 27.0. The lowest BCUT2D eigenvalue weighted by Crippen LogP contribution is -2.45. The van der Waals surface area contributed by atoms with Gasteiger partial charge in [0.2, 0.25) is 5.91 Å². The van der Waals surface area contributed by atoms with Gasteiger partial charge in [-0.3, -0.25) is 9.79 Å². The van der Waals surface area contributed by atoms with Gasteiger partial charge in [0, 0.05) is 31.3 Å². The summed E-state index contributed by atoms with van der Waals surface area (Å²) in [5.41, 5.74) is -2.99. The van der Waals surface area contributed by atoms with E-state index in [0.717, 1.165) is 37.4 Å². The van der Waals surface area contributed by atoms with Gasteiger partial charge in [-0.25, -0.2) is 4.39 Å². The number of carbonyl (C=O) groups is 1. The molecular weight excluding hydrogens is 471 g/mol. The molecule has 0 saturated carbocycles. The highest BCUT2D eigenvalue weighted by atomic mass is 19.4. The van der Waals surface area contributed by atoms with Crippen molar-refractivity contribution >= 4 is 17.3 Å². The van der Waals surface area contributed by atoms with Gasteiger partial charge < -0.3 is 15.8 Å². The topological polar surface area (TPSA) is 85.5 Å². The third-order valence-corrected chi connectivity index (χ3v) is 4.85. The number of nitrogens with zero attached hydrogens (tertiary/aromatic N) is 1. The van der Waals surface area contributed by atoms with E-state index in [0.29, 0.717) is 0 Å². The van der Waals surface area contributed by atoms with Gasteiger partial charge in [-0.2, -0.15) is 26.3 Å². The van der Waals surface area contributed by atoms with Crippen LogP contribution in [0.2, 0.25) is 0 Å². The molecule has 0 aliphatic rings. The molecule has 0 bridgehead atoms. The van der Waals surface area contributed by atoms with Crippen molar-refractivity contribution in [3.8, 4) is 0 Å². The second-order valence-corrected chi connectivity index (χ2v) is 7.24. The summed E-state index contributed by atoms with van der Waals surface area (Å²) >= 11 is 0. The monoisotopic (exact) mass is 491 g/mol. The summed E-state index contributed by atoms with van der Waals surface area (Å²) in [7, 11) is 0.803. The number of amides is 1. The molecule has 0 aliphatic heterocycles. The van der Waals surface area contributed by atoms with Crippen LogP contribution in [0, 0.1) is 17.1 Å². The van der Waals surface area contributed by atoms with Crippen LogP contribution in [0.1, 0.15) is 22.3 Å². The highest BCUT2D eigenvalue weighted by molar-refractivity contribution is 6.23. The Morgan fingerprint density at radius 3 is 2.12 bits per heavy atom. The second kappa shape index (κ2) is 10.8. The number of hydrogen-bond acceptors (Lipinski definition) is 4. The zero-order chi connectivity index (χ0) is 25.7. The molecule has 0 heterocycles. The average molecular weight is 491 g/mol. The molecule has 184 valence electrons. The Labute approximate surface area is 189 Å². The zero-order valence-corrected chi connectivity index (χ0v) is 17.7. The number of aliphatic hydroxyl groups excluding tert-OH is 1. The Bertz CT molecular complexity index is 1060. The molecule has 0 spiro atoms. The summed E-state index contributed by atoms with van der Waals surface area (Å²) in [4.78, 5) is 15.8. The fraction of sp³-hybridized carbons (Fsp3) is 0.318. The van der Waals surface area contributed by atoms with E-state index in [2.05, 4.69) is 10.3 Å². The largest absolute Gasteiger partial charge is 0.430 e. The van der Waals surface area contributed by atoms with Gasteiger partial charge in [-0.05, 0) is 29.3 Å². The van der Waals surface area contributed by atoms with Gasteiger partial charge >= 0.3 is 12.4 Å². The number of rotatable bonds is 8. The normalized spacial score (nSPS) is 13.5. The first-order valence-electron chi connectivity index (χ1n) is 9.71. The number of benzene rings is 2. The van der Waals surface area contributed by atoms with Crippen molar-refractivity contribution in [1.82, 2.24) is 5.32 Å². The third kappa shape index (κ3) is 6.86. The van der Waals surface area contributed by atoms with Crippen LogP contribution in [-0.2, 0) is 30.5 Å². The molecule has 0 fully saturated rings. The lowest BCUT2D eigenvalue weighted by molar-refractivity contribution is -0.137. The number of alkyl halides is 6.